The van der Waals surface area contributed by atoms with Crippen LogP contribution in [0.3, 0.4) is 0 Å². The standard InChI is InChI=1S/C39H43F3N4O3/c1-26(2)49-31-11-12-32-34(24-31)43-36(27-7-6-10-29(23-27)39(40,41)42)33(25-45-17-13-30(14-18-45)46-19-21-48-22-20-46)35(32)37(47)44-38(15-16-38)28-8-4-3-5-9-28/h3-12,23-24,26,30H,13-22,25H2,1-2H3,(H,44,47). The van der Waals surface area contributed by atoms with E-state index < -0.39 is 17.3 Å². The van der Waals surface area contributed by atoms with Crippen molar-refractivity contribution >= 4 is 16.8 Å². The second-order valence-electron chi connectivity index (χ2n) is 13.8. The van der Waals surface area contributed by atoms with E-state index in [1.165, 1.54) is 6.07 Å². The van der Waals surface area contributed by atoms with E-state index >= 15 is 0 Å². The minimum atomic E-state index is -4.53. The SMILES string of the molecule is CC(C)Oc1ccc2c(C(=O)NC3(c4ccccc4)CC3)c(CN3CCC(N4CCOCC4)CC3)c(-c3cccc(C(F)(F)F)c3)nc2c1. The third kappa shape index (κ3) is 7.32. The van der Waals surface area contributed by atoms with Crippen molar-refractivity contribution in [2.75, 3.05) is 39.4 Å². The minimum Gasteiger partial charge on any atom is -0.491 e. The van der Waals surface area contributed by atoms with Gasteiger partial charge in [0.15, 0.2) is 0 Å². The van der Waals surface area contributed by atoms with Gasteiger partial charge >= 0.3 is 6.18 Å². The number of ether oxygens (including phenoxy) is 2. The fourth-order valence-corrected chi connectivity index (χ4v) is 7.38. The second-order valence-corrected chi connectivity index (χ2v) is 13.8. The van der Waals surface area contributed by atoms with E-state index in [4.69, 9.17) is 14.5 Å². The number of pyridine rings is 1. The van der Waals surface area contributed by atoms with Crippen LogP contribution in [0.2, 0.25) is 0 Å². The number of alkyl halides is 3. The van der Waals surface area contributed by atoms with Crippen molar-refractivity contribution in [2.45, 2.75) is 69.9 Å². The molecule has 3 fully saturated rings. The number of benzene rings is 3. The molecular weight excluding hydrogens is 629 g/mol. The number of fused-ring (bicyclic) bond motifs is 1. The maximum Gasteiger partial charge on any atom is 0.416 e. The van der Waals surface area contributed by atoms with E-state index in [9.17, 15) is 18.0 Å². The zero-order valence-corrected chi connectivity index (χ0v) is 28.1. The summed E-state index contributed by atoms with van der Waals surface area (Å²) in [6.07, 6.45) is -1.07. The Kier molecular flexibility index (Phi) is 9.39. The van der Waals surface area contributed by atoms with Gasteiger partial charge in [-0.2, -0.15) is 13.2 Å². The predicted molar refractivity (Wildman–Crippen MR) is 183 cm³/mol. The molecule has 4 aromatic rings. The largest absolute Gasteiger partial charge is 0.491 e. The van der Waals surface area contributed by atoms with Crippen LogP contribution >= 0.6 is 0 Å². The number of amides is 1. The number of hydrogen-bond acceptors (Lipinski definition) is 6. The van der Waals surface area contributed by atoms with Gasteiger partial charge in [-0.3, -0.25) is 14.6 Å². The Morgan fingerprint density at radius 3 is 2.39 bits per heavy atom. The van der Waals surface area contributed by atoms with E-state index in [-0.39, 0.29) is 12.0 Å². The number of halogens is 3. The molecule has 1 saturated carbocycles. The highest BCUT2D eigenvalue weighted by molar-refractivity contribution is 6.09. The Morgan fingerprint density at radius 2 is 1.71 bits per heavy atom. The molecule has 258 valence electrons. The maximum absolute atomic E-state index is 14.7. The molecule has 3 heterocycles. The van der Waals surface area contributed by atoms with Crippen molar-refractivity contribution in [3.8, 4) is 17.0 Å². The second kappa shape index (κ2) is 13.7. The van der Waals surface area contributed by atoms with Crippen molar-refractivity contribution in [3.63, 3.8) is 0 Å². The van der Waals surface area contributed by atoms with Gasteiger partial charge in [0.05, 0.1) is 47.2 Å². The molecule has 0 bridgehead atoms. The molecule has 0 spiro atoms. The van der Waals surface area contributed by atoms with Gasteiger partial charge in [0.25, 0.3) is 5.91 Å². The Bertz CT molecular complexity index is 1800. The number of carbonyl (C=O) groups excluding carboxylic acids is 1. The molecule has 1 aliphatic carbocycles. The van der Waals surface area contributed by atoms with Crippen LogP contribution in [0.15, 0.2) is 72.8 Å². The highest BCUT2D eigenvalue weighted by Gasteiger charge is 2.46. The lowest BCUT2D eigenvalue weighted by atomic mass is 9.93. The van der Waals surface area contributed by atoms with E-state index in [0.717, 1.165) is 82.8 Å². The maximum atomic E-state index is 14.7. The third-order valence-electron chi connectivity index (χ3n) is 10.1. The van der Waals surface area contributed by atoms with Crippen LogP contribution in [0.25, 0.3) is 22.2 Å². The summed E-state index contributed by atoms with van der Waals surface area (Å²) in [7, 11) is 0. The van der Waals surface area contributed by atoms with Gasteiger partial charge in [0.1, 0.15) is 5.75 Å². The van der Waals surface area contributed by atoms with Crippen molar-refractivity contribution in [2.24, 2.45) is 0 Å². The van der Waals surface area contributed by atoms with Crippen LogP contribution in [0.1, 0.15) is 66.6 Å². The van der Waals surface area contributed by atoms with Crippen molar-refractivity contribution in [1.29, 1.82) is 0 Å². The van der Waals surface area contributed by atoms with Gasteiger partial charge in [-0.25, -0.2) is 4.98 Å². The third-order valence-corrected chi connectivity index (χ3v) is 10.1. The summed E-state index contributed by atoms with van der Waals surface area (Å²) in [5, 5.41) is 4.01. The van der Waals surface area contributed by atoms with Gasteiger partial charge in [-0.05, 0) is 82.4 Å². The predicted octanol–water partition coefficient (Wildman–Crippen LogP) is 7.42. The summed E-state index contributed by atoms with van der Waals surface area (Å²) in [5.41, 5.74) is 2.08. The normalized spacial score (nSPS) is 18.9. The first kappa shape index (κ1) is 33.5. The molecule has 0 unspecified atom stereocenters. The van der Waals surface area contributed by atoms with Crippen LogP contribution < -0.4 is 10.1 Å². The summed E-state index contributed by atoms with van der Waals surface area (Å²) in [6.45, 7) is 9.19. The first-order valence-electron chi connectivity index (χ1n) is 17.3. The molecule has 3 aromatic carbocycles. The molecule has 1 N–H and O–H groups in total. The number of rotatable bonds is 9. The Morgan fingerprint density at radius 1 is 0.980 bits per heavy atom. The number of carbonyl (C=O) groups is 1. The number of piperidine rings is 1. The average molecular weight is 673 g/mol. The molecule has 49 heavy (non-hydrogen) atoms. The topological polar surface area (TPSA) is 66.9 Å². The number of nitrogens with zero attached hydrogens (tertiary/aromatic N) is 3. The first-order chi connectivity index (χ1) is 23.6. The van der Waals surface area contributed by atoms with Crippen molar-refractivity contribution < 1.29 is 27.4 Å². The fourth-order valence-electron chi connectivity index (χ4n) is 7.38. The van der Waals surface area contributed by atoms with Gasteiger partial charge in [-0.15, -0.1) is 0 Å². The minimum absolute atomic E-state index is 0.0941. The average Bonchev–Trinajstić information content (AvgIpc) is 3.89. The highest BCUT2D eigenvalue weighted by atomic mass is 19.4. The molecule has 0 radical (unpaired) electrons. The number of likely N-dealkylation sites (tertiary alicyclic amines) is 1. The van der Waals surface area contributed by atoms with Gasteiger partial charge < -0.3 is 14.8 Å². The first-order valence-corrected chi connectivity index (χ1v) is 17.3. The molecule has 1 aromatic heterocycles. The zero-order valence-electron chi connectivity index (χ0n) is 28.1. The zero-order chi connectivity index (χ0) is 34.2. The number of morpholine rings is 1. The van der Waals surface area contributed by atoms with E-state index in [1.54, 1.807) is 12.1 Å². The van der Waals surface area contributed by atoms with Crippen LogP contribution in [-0.4, -0.2) is 72.2 Å². The summed E-state index contributed by atoms with van der Waals surface area (Å²) in [4.78, 5) is 24.5. The molecular formula is C39H43F3N4O3. The monoisotopic (exact) mass is 672 g/mol. The number of aromatic nitrogens is 1. The van der Waals surface area contributed by atoms with Crippen molar-refractivity contribution in [3.05, 3.63) is 95.1 Å². The van der Waals surface area contributed by atoms with Crippen molar-refractivity contribution in [1.82, 2.24) is 20.1 Å². The lowest BCUT2D eigenvalue weighted by molar-refractivity contribution is -0.137. The molecule has 0 atom stereocenters. The van der Waals surface area contributed by atoms with Gasteiger partial charge in [-0.1, -0.05) is 42.5 Å². The Hall–Kier alpha value is -3.99. The summed E-state index contributed by atoms with van der Waals surface area (Å²) in [6, 6.07) is 21.2. The Balaban J connectivity index is 1.33. The quantitative estimate of drug-likeness (QED) is 0.200. The fraction of sp³-hybridized carbons (Fsp3) is 0.436. The van der Waals surface area contributed by atoms with E-state index in [1.807, 2.05) is 56.3 Å². The molecule has 10 heteroatoms. The summed E-state index contributed by atoms with van der Waals surface area (Å²) in [5.74, 6) is 0.329. The number of hydrogen-bond donors (Lipinski definition) is 1. The lowest BCUT2D eigenvalue weighted by Gasteiger charge is -2.40. The molecule has 2 aliphatic heterocycles. The van der Waals surface area contributed by atoms with E-state index in [0.29, 0.717) is 51.6 Å². The van der Waals surface area contributed by atoms with Crippen LogP contribution in [0.4, 0.5) is 13.2 Å². The molecule has 2 saturated heterocycles. The molecule has 1 amide bonds. The van der Waals surface area contributed by atoms with Crippen LogP contribution in [0, 0.1) is 0 Å². The summed E-state index contributed by atoms with van der Waals surface area (Å²) >= 11 is 0. The number of nitrogens with one attached hydrogen (secondary N) is 1. The van der Waals surface area contributed by atoms with Crippen LogP contribution in [0.5, 0.6) is 5.75 Å². The lowest BCUT2D eigenvalue weighted by Crippen LogP contribution is -2.48. The van der Waals surface area contributed by atoms with Crippen LogP contribution in [-0.2, 0) is 23.0 Å². The molecule has 7 rings (SSSR count). The summed E-state index contributed by atoms with van der Waals surface area (Å²) < 4.78 is 53.6. The smallest absolute Gasteiger partial charge is 0.416 e. The van der Waals surface area contributed by atoms with Gasteiger partial charge in [0, 0.05) is 48.3 Å². The molecule has 7 nitrogen and oxygen atoms in total. The van der Waals surface area contributed by atoms with Gasteiger partial charge in [0.2, 0.25) is 0 Å². The Labute approximate surface area is 285 Å². The highest BCUT2D eigenvalue weighted by Crippen LogP contribution is 2.46. The van der Waals surface area contributed by atoms with E-state index in [2.05, 4.69) is 15.1 Å². The molecule has 3 aliphatic rings.